The normalized spacial score (nSPS) is 23.5. The molecule has 0 amide bonds. The van der Waals surface area contributed by atoms with Gasteiger partial charge in [0.1, 0.15) is 17.4 Å². The van der Waals surface area contributed by atoms with E-state index in [0.29, 0.717) is 24.1 Å². The fourth-order valence-corrected chi connectivity index (χ4v) is 3.86. The van der Waals surface area contributed by atoms with Gasteiger partial charge in [0.2, 0.25) is 5.96 Å². The largest absolute Gasteiger partial charge is 0.378 e. The number of hydrogen-bond donors (Lipinski definition) is 1. The second-order valence-electron chi connectivity index (χ2n) is 6.11. The summed E-state index contributed by atoms with van der Waals surface area (Å²) in [6.45, 7) is 4.07. The van der Waals surface area contributed by atoms with E-state index < -0.39 is 5.82 Å². The van der Waals surface area contributed by atoms with Gasteiger partial charge < -0.3 is 10.1 Å². The van der Waals surface area contributed by atoms with Crippen molar-refractivity contribution in [3.8, 4) is 6.07 Å². The molecule has 2 atom stereocenters. The molecule has 2 aliphatic heterocycles. The number of benzene rings is 1. The van der Waals surface area contributed by atoms with Crippen LogP contribution >= 0.6 is 11.8 Å². The molecule has 8 heteroatoms. The number of rotatable bonds is 3. The first kappa shape index (κ1) is 18.7. The molecule has 1 aromatic rings. The van der Waals surface area contributed by atoms with Crippen molar-refractivity contribution >= 4 is 17.7 Å². The van der Waals surface area contributed by atoms with Gasteiger partial charge in [-0.05, 0) is 37.0 Å². The lowest BCUT2D eigenvalue weighted by atomic mass is 10.0. The maximum Gasteiger partial charge on any atom is 0.214 e. The molecule has 0 spiro atoms. The van der Waals surface area contributed by atoms with E-state index in [1.165, 1.54) is 17.8 Å². The van der Waals surface area contributed by atoms with E-state index in [9.17, 15) is 9.65 Å². The molecule has 26 heavy (non-hydrogen) atoms. The average molecular weight is 375 g/mol. The standard InChI is InChI=1S/C18H22FN5OS/c1-12-11-25-7-6-23(12)24-16(4-5-22-18(24)21-2)13-8-15(19)14(10-20)17(9-13)26-3/h4-5,8-9,12,16H,6-7,11H2,1-3H3,(H,21,22). The minimum absolute atomic E-state index is 0.0924. The van der Waals surface area contributed by atoms with Gasteiger partial charge in [-0.15, -0.1) is 11.8 Å². The molecule has 0 aromatic heterocycles. The highest BCUT2D eigenvalue weighted by atomic mass is 32.2. The first-order valence-electron chi connectivity index (χ1n) is 8.44. The van der Waals surface area contributed by atoms with Crippen LogP contribution in [-0.2, 0) is 4.74 Å². The van der Waals surface area contributed by atoms with Crippen LogP contribution in [0.5, 0.6) is 0 Å². The number of hydrazine groups is 1. The van der Waals surface area contributed by atoms with Crippen molar-refractivity contribution in [1.29, 1.82) is 5.26 Å². The number of thioether (sulfide) groups is 1. The Hall–Kier alpha value is -2.08. The van der Waals surface area contributed by atoms with Crippen LogP contribution in [-0.4, -0.2) is 55.1 Å². The summed E-state index contributed by atoms with van der Waals surface area (Å²) < 4.78 is 20.1. The Balaban J connectivity index is 2.04. The highest BCUT2D eigenvalue weighted by Crippen LogP contribution is 2.33. The van der Waals surface area contributed by atoms with Crippen LogP contribution in [0.2, 0.25) is 0 Å². The summed E-state index contributed by atoms with van der Waals surface area (Å²) in [5.41, 5.74) is 0.873. The van der Waals surface area contributed by atoms with E-state index in [1.807, 2.05) is 31.5 Å². The number of morpholine rings is 1. The van der Waals surface area contributed by atoms with Crippen LogP contribution in [0.15, 0.2) is 34.3 Å². The summed E-state index contributed by atoms with van der Waals surface area (Å²) in [6, 6.07) is 5.24. The van der Waals surface area contributed by atoms with Crippen molar-refractivity contribution < 1.29 is 9.13 Å². The third kappa shape index (κ3) is 3.43. The third-order valence-corrected chi connectivity index (χ3v) is 5.29. The Bertz CT molecular complexity index is 776. The molecule has 0 aliphatic carbocycles. The number of guanidine groups is 1. The second kappa shape index (κ2) is 8.08. The predicted molar refractivity (Wildman–Crippen MR) is 100 cm³/mol. The minimum Gasteiger partial charge on any atom is -0.378 e. The zero-order valence-corrected chi connectivity index (χ0v) is 15.9. The third-order valence-electron chi connectivity index (χ3n) is 4.53. The summed E-state index contributed by atoms with van der Waals surface area (Å²) in [5.74, 6) is 0.202. The van der Waals surface area contributed by atoms with Gasteiger partial charge in [0.05, 0.1) is 25.3 Å². The Kier molecular flexibility index (Phi) is 5.81. The van der Waals surface area contributed by atoms with E-state index >= 15 is 0 Å². The highest BCUT2D eigenvalue weighted by molar-refractivity contribution is 7.98. The minimum atomic E-state index is -0.494. The van der Waals surface area contributed by atoms with Crippen molar-refractivity contribution in [2.75, 3.05) is 33.1 Å². The van der Waals surface area contributed by atoms with Crippen molar-refractivity contribution in [2.45, 2.75) is 23.9 Å². The zero-order chi connectivity index (χ0) is 18.7. The van der Waals surface area contributed by atoms with Gasteiger partial charge in [-0.2, -0.15) is 5.26 Å². The molecule has 0 bridgehead atoms. The first-order valence-corrected chi connectivity index (χ1v) is 9.66. The molecule has 6 nitrogen and oxygen atoms in total. The van der Waals surface area contributed by atoms with Gasteiger partial charge in [0.15, 0.2) is 0 Å². The van der Waals surface area contributed by atoms with Gasteiger partial charge in [-0.25, -0.2) is 14.4 Å². The summed E-state index contributed by atoms with van der Waals surface area (Å²) in [4.78, 5) is 5.07. The van der Waals surface area contributed by atoms with E-state index in [0.717, 1.165) is 12.1 Å². The van der Waals surface area contributed by atoms with Crippen molar-refractivity contribution in [3.63, 3.8) is 0 Å². The molecular formula is C18H22FN5OS. The van der Waals surface area contributed by atoms with E-state index in [-0.39, 0.29) is 17.6 Å². The van der Waals surface area contributed by atoms with E-state index in [2.05, 4.69) is 27.3 Å². The molecule has 2 unspecified atom stereocenters. The van der Waals surface area contributed by atoms with Crippen LogP contribution in [0.25, 0.3) is 0 Å². The average Bonchev–Trinajstić information content (AvgIpc) is 2.67. The number of ether oxygens (including phenoxy) is 1. The number of hydrogen-bond acceptors (Lipinski definition) is 7. The van der Waals surface area contributed by atoms with Gasteiger partial charge in [-0.3, -0.25) is 5.01 Å². The van der Waals surface area contributed by atoms with Crippen LogP contribution in [0.1, 0.15) is 24.1 Å². The van der Waals surface area contributed by atoms with Crippen LogP contribution in [0.3, 0.4) is 0 Å². The summed E-state index contributed by atoms with van der Waals surface area (Å²) in [7, 11) is 1.82. The fourth-order valence-electron chi connectivity index (χ4n) is 3.26. The number of nitrogens with zero attached hydrogens (tertiary/aromatic N) is 4. The predicted octanol–water partition coefficient (Wildman–Crippen LogP) is 2.50. The smallest absolute Gasteiger partial charge is 0.214 e. The topological polar surface area (TPSA) is 63.9 Å². The van der Waals surface area contributed by atoms with Crippen LogP contribution in [0, 0.1) is 17.1 Å². The highest BCUT2D eigenvalue weighted by Gasteiger charge is 2.34. The fraction of sp³-hybridized carbons (Fsp3) is 0.444. The molecule has 0 saturated carbocycles. The molecule has 1 N–H and O–H groups in total. The second-order valence-corrected chi connectivity index (χ2v) is 6.96. The van der Waals surface area contributed by atoms with Gasteiger partial charge in [-0.1, -0.05) is 0 Å². The van der Waals surface area contributed by atoms with Crippen molar-refractivity contribution in [2.24, 2.45) is 4.99 Å². The van der Waals surface area contributed by atoms with Gasteiger partial charge >= 0.3 is 0 Å². The maximum atomic E-state index is 14.5. The zero-order valence-electron chi connectivity index (χ0n) is 15.1. The maximum absolute atomic E-state index is 14.5. The number of halogens is 1. The first-order chi connectivity index (χ1) is 12.6. The van der Waals surface area contributed by atoms with Crippen molar-refractivity contribution in [1.82, 2.24) is 15.3 Å². The lowest BCUT2D eigenvalue weighted by molar-refractivity contribution is -0.100. The molecule has 0 radical (unpaired) electrons. The summed E-state index contributed by atoms with van der Waals surface area (Å²) in [5, 5.41) is 16.6. The lowest BCUT2D eigenvalue weighted by Crippen LogP contribution is -2.59. The Morgan fingerprint density at radius 2 is 2.27 bits per heavy atom. The molecule has 1 saturated heterocycles. The summed E-state index contributed by atoms with van der Waals surface area (Å²) >= 11 is 1.37. The lowest BCUT2D eigenvalue weighted by Gasteiger charge is -2.46. The SMILES string of the molecule is CNC1=NC=CC(c2cc(F)c(C#N)c(SC)c2)N1N1CCOCC1C. The Labute approximate surface area is 157 Å². The molecule has 138 valence electrons. The number of aliphatic imine (C=N–C) groups is 1. The molecule has 2 aliphatic rings. The molecule has 1 aromatic carbocycles. The van der Waals surface area contributed by atoms with Crippen molar-refractivity contribution in [3.05, 3.63) is 41.4 Å². The van der Waals surface area contributed by atoms with Gasteiger partial charge in [0, 0.05) is 24.7 Å². The number of nitrogens with one attached hydrogen (secondary N) is 1. The molecule has 2 heterocycles. The van der Waals surface area contributed by atoms with E-state index in [1.54, 1.807) is 6.20 Å². The monoisotopic (exact) mass is 375 g/mol. The molecular weight excluding hydrogens is 353 g/mol. The molecule has 1 fully saturated rings. The van der Waals surface area contributed by atoms with Gasteiger partial charge in [0.25, 0.3) is 0 Å². The summed E-state index contributed by atoms with van der Waals surface area (Å²) in [6.07, 6.45) is 5.51. The van der Waals surface area contributed by atoms with E-state index in [4.69, 9.17) is 4.74 Å². The Morgan fingerprint density at radius 1 is 1.46 bits per heavy atom. The van der Waals surface area contributed by atoms with Crippen LogP contribution in [0.4, 0.5) is 4.39 Å². The van der Waals surface area contributed by atoms with Crippen LogP contribution < -0.4 is 5.32 Å². The quantitative estimate of drug-likeness (QED) is 0.819. The number of nitriles is 1. The Morgan fingerprint density at radius 3 is 2.92 bits per heavy atom. The molecule has 3 rings (SSSR count).